The molecule has 3 rings (SSSR count). The number of benzene rings is 2. The van der Waals surface area contributed by atoms with Crippen LogP contribution in [0, 0.1) is 5.41 Å². The summed E-state index contributed by atoms with van der Waals surface area (Å²) in [6.45, 7) is 0.0389. The normalized spacial score (nSPS) is 10.4. The summed E-state index contributed by atoms with van der Waals surface area (Å²) in [6.07, 6.45) is -0.154. The second-order valence-corrected chi connectivity index (χ2v) is 5.90. The number of carbonyl (C=O) groups excluding carboxylic acids is 1. The predicted molar refractivity (Wildman–Crippen MR) is 101 cm³/mol. The van der Waals surface area contributed by atoms with Crippen LogP contribution in [0.3, 0.4) is 0 Å². The molecule has 1 amide bonds. The number of nitrogen functional groups attached to an aromatic ring is 1. The van der Waals surface area contributed by atoms with Crippen LogP contribution in [-0.4, -0.2) is 39.5 Å². The summed E-state index contributed by atoms with van der Waals surface area (Å²) in [6, 6.07) is 13.5. The molecular weight excluding hydrogens is 362 g/mol. The third-order valence-electron chi connectivity index (χ3n) is 3.85. The minimum Gasteiger partial charge on any atom is -0.481 e. The first kappa shape index (κ1) is 18.8. The quantitative estimate of drug-likeness (QED) is 0.361. The Kier molecular flexibility index (Phi) is 5.45. The molecule has 0 unspecified atom stereocenters. The average Bonchev–Trinajstić information content (AvgIpc) is 3.18. The molecule has 9 heteroatoms. The van der Waals surface area contributed by atoms with Gasteiger partial charge < -0.3 is 20.7 Å². The number of carboxylic acids is 1. The van der Waals surface area contributed by atoms with E-state index in [4.69, 9.17) is 20.8 Å². The first-order chi connectivity index (χ1) is 13.4. The summed E-state index contributed by atoms with van der Waals surface area (Å²) in [5.41, 5.74) is 7.59. The van der Waals surface area contributed by atoms with E-state index in [9.17, 15) is 9.59 Å². The molecule has 1 heterocycles. The first-order valence-corrected chi connectivity index (χ1v) is 8.33. The molecule has 0 atom stereocenters. The van der Waals surface area contributed by atoms with E-state index in [0.717, 1.165) is 0 Å². The molecule has 142 valence electrons. The Bertz CT molecular complexity index is 1040. The van der Waals surface area contributed by atoms with Crippen molar-refractivity contribution in [3.05, 3.63) is 59.7 Å². The number of nitrogens with one attached hydrogen (secondary N) is 2. The van der Waals surface area contributed by atoms with Crippen LogP contribution in [0.1, 0.15) is 22.3 Å². The number of nitrogens with zero attached hydrogens (tertiary/aromatic N) is 2. The van der Waals surface area contributed by atoms with Gasteiger partial charge in [0.25, 0.3) is 11.8 Å². The molecule has 2 aromatic carbocycles. The predicted octanol–water partition coefficient (Wildman–Crippen LogP) is 1.89. The van der Waals surface area contributed by atoms with Crippen molar-refractivity contribution in [2.75, 3.05) is 6.54 Å². The number of carboxylic acid groups (broad SMARTS) is 1. The van der Waals surface area contributed by atoms with E-state index in [-0.39, 0.29) is 30.6 Å². The number of nitrogens with two attached hydrogens (primary N) is 1. The Balaban J connectivity index is 1.80. The van der Waals surface area contributed by atoms with Crippen molar-refractivity contribution in [3.8, 4) is 22.8 Å². The number of carbonyl (C=O) groups is 2. The largest absolute Gasteiger partial charge is 0.481 e. The molecule has 28 heavy (non-hydrogen) atoms. The summed E-state index contributed by atoms with van der Waals surface area (Å²) in [5.74, 6) is -0.885. The maximum atomic E-state index is 12.1. The van der Waals surface area contributed by atoms with E-state index >= 15 is 0 Å². The summed E-state index contributed by atoms with van der Waals surface area (Å²) in [5, 5.41) is 22.6. The lowest BCUT2D eigenvalue weighted by Crippen LogP contribution is -2.25. The zero-order chi connectivity index (χ0) is 20.1. The fraction of sp³-hybridized carbons (Fsp3) is 0.105. The first-order valence-electron chi connectivity index (χ1n) is 8.33. The van der Waals surface area contributed by atoms with Crippen LogP contribution in [-0.2, 0) is 4.79 Å². The molecule has 0 bridgehead atoms. The van der Waals surface area contributed by atoms with Crippen molar-refractivity contribution in [3.63, 3.8) is 0 Å². The lowest BCUT2D eigenvalue weighted by molar-refractivity contribution is -0.136. The second kappa shape index (κ2) is 8.12. The van der Waals surface area contributed by atoms with Crippen LogP contribution in [0.4, 0.5) is 0 Å². The Labute approximate surface area is 159 Å². The molecule has 0 radical (unpaired) electrons. The number of aliphatic carboxylic acids is 1. The highest BCUT2D eigenvalue weighted by Gasteiger charge is 2.14. The molecule has 1 aromatic heterocycles. The average molecular weight is 379 g/mol. The van der Waals surface area contributed by atoms with Crippen molar-refractivity contribution in [1.82, 2.24) is 15.5 Å². The van der Waals surface area contributed by atoms with Crippen molar-refractivity contribution in [2.45, 2.75) is 6.42 Å². The maximum absolute atomic E-state index is 12.1. The van der Waals surface area contributed by atoms with E-state index < -0.39 is 5.97 Å². The zero-order valence-corrected chi connectivity index (χ0v) is 14.7. The van der Waals surface area contributed by atoms with Crippen molar-refractivity contribution in [1.29, 1.82) is 5.41 Å². The van der Waals surface area contributed by atoms with E-state index in [0.29, 0.717) is 28.1 Å². The third kappa shape index (κ3) is 4.39. The highest BCUT2D eigenvalue weighted by Crippen LogP contribution is 2.23. The van der Waals surface area contributed by atoms with Crippen molar-refractivity contribution >= 4 is 17.7 Å². The van der Waals surface area contributed by atoms with E-state index in [1.807, 2.05) is 0 Å². The van der Waals surface area contributed by atoms with Gasteiger partial charge in [-0.25, -0.2) is 0 Å². The number of aromatic nitrogens is 2. The molecule has 0 aliphatic heterocycles. The van der Waals surface area contributed by atoms with E-state index in [1.54, 1.807) is 48.5 Å². The Morgan fingerprint density at radius 2 is 1.79 bits per heavy atom. The van der Waals surface area contributed by atoms with Crippen LogP contribution in [0.2, 0.25) is 0 Å². The molecule has 5 N–H and O–H groups in total. The van der Waals surface area contributed by atoms with Gasteiger partial charge in [-0.05, 0) is 24.3 Å². The van der Waals surface area contributed by atoms with Crippen LogP contribution in [0.5, 0.6) is 0 Å². The number of amides is 1. The number of hydrogen-bond acceptors (Lipinski definition) is 6. The minimum atomic E-state index is -0.984. The Hall–Kier alpha value is -4.01. The summed E-state index contributed by atoms with van der Waals surface area (Å²) in [7, 11) is 0. The van der Waals surface area contributed by atoms with E-state index in [1.165, 1.54) is 0 Å². The molecule has 0 aliphatic carbocycles. The SMILES string of the molecule is N=C(N)c1cccc(-c2nc(-c3cccc(C(=O)NCCC(=O)O)c3)no2)c1. The van der Waals surface area contributed by atoms with Crippen LogP contribution in [0.15, 0.2) is 53.1 Å². The van der Waals surface area contributed by atoms with Gasteiger partial charge in [0.2, 0.25) is 5.82 Å². The summed E-state index contributed by atoms with van der Waals surface area (Å²) >= 11 is 0. The maximum Gasteiger partial charge on any atom is 0.305 e. The lowest BCUT2D eigenvalue weighted by atomic mass is 10.1. The zero-order valence-electron chi connectivity index (χ0n) is 14.7. The van der Waals surface area contributed by atoms with Crippen LogP contribution < -0.4 is 11.1 Å². The molecule has 3 aromatic rings. The van der Waals surface area contributed by atoms with Gasteiger partial charge >= 0.3 is 5.97 Å². The van der Waals surface area contributed by atoms with Crippen LogP contribution in [0.25, 0.3) is 22.8 Å². The second-order valence-electron chi connectivity index (χ2n) is 5.90. The van der Waals surface area contributed by atoms with E-state index in [2.05, 4.69) is 15.5 Å². The molecule has 0 spiro atoms. The third-order valence-corrected chi connectivity index (χ3v) is 3.85. The fourth-order valence-corrected chi connectivity index (χ4v) is 2.46. The minimum absolute atomic E-state index is 0.0389. The molecular formula is C19H17N5O4. The van der Waals surface area contributed by atoms with Gasteiger partial charge in [0.15, 0.2) is 0 Å². The summed E-state index contributed by atoms with van der Waals surface area (Å²) in [4.78, 5) is 27.0. The van der Waals surface area contributed by atoms with Gasteiger partial charge in [-0.3, -0.25) is 15.0 Å². The highest BCUT2D eigenvalue weighted by atomic mass is 16.5. The smallest absolute Gasteiger partial charge is 0.305 e. The monoisotopic (exact) mass is 379 g/mol. The molecule has 9 nitrogen and oxygen atoms in total. The topological polar surface area (TPSA) is 155 Å². The van der Waals surface area contributed by atoms with Gasteiger partial charge in [0.05, 0.1) is 6.42 Å². The fourth-order valence-electron chi connectivity index (χ4n) is 2.46. The van der Waals surface area contributed by atoms with Gasteiger partial charge in [0, 0.05) is 28.8 Å². The Morgan fingerprint density at radius 1 is 1.11 bits per heavy atom. The van der Waals surface area contributed by atoms with Crippen molar-refractivity contribution in [2.24, 2.45) is 5.73 Å². The van der Waals surface area contributed by atoms with Crippen LogP contribution >= 0.6 is 0 Å². The number of amidine groups is 1. The molecule has 0 saturated carbocycles. The van der Waals surface area contributed by atoms with Gasteiger partial charge in [0.1, 0.15) is 5.84 Å². The number of hydrogen-bond donors (Lipinski definition) is 4. The number of rotatable bonds is 7. The highest BCUT2D eigenvalue weighted by molar-refractivity contribution is 5.96. The van der Waals surface area contributed by atoms with Gasteiger partial charge in [-0.2, -0.15) is 4.98 Å². The molecule has 0 aliphatic rings. The van der Waals surface area contributed by atoms with Gasteiger partial charge in [-0.15, -0.1) is 0 Å². The molecule has 0 fully saturated rings. The summed E-state index contributed by atoms with van der Waals surface area (Å²) < 4.78 is 5.29. The molecule has 0 saturated heterocycles. The standard InChI is InChI=1S/C19H17N5O4/c20-16(21)11-3-1-6-14(9-11)19-23-17(24-28-19)12-4-2-5-13(10-12)18(27)22-8-7-15(25)26/h1-6,9-10H,7-8H2,(H3,20,21)(H,22,27)(H,25,26). The van der Waals surface area contributed by atoms with Crippen molar-refractivity contribution < 1.29 is 19.2 Å². The lowest BCUT2D eigenvalue weighted by Gasteiger charge is -2.04. The van der Waals surface area contributed by atoms with Gasteiger partial charge in [-0.1, -0.05) is 29.4 Å². The Morgan fingerprint density at radius 3 is 2.50 bits per heavy atom.